The SMILES string of the molecule is CCn1ccnc1CN1CCc2cc(C(=O)O)ccc21. The molecule has 5 nitrogen and oxygen atoms in total. The molecule has 0 fully saturated rings. The number of aromatic carboxylic acids is 1. The minimum atomic E-state index is -0.868. The number of carboxylic acids is 1. The van der Waals surface area contributed by atoms with Crippen molar-refractivity contribution in [2.45, 2.75) is 26.4 Å². The Kier molecular flexibility index (Phi) is 3.18. The fourth-order valence-corrected chi connectivity index (χ4v) is 2.72. The average molecular weight is 271 g/mol. The van der Waals surface area contributed by atoms with Gasteiger partial charge in [0.2, 0.25) is 0 Å². The average Bonchev–Trinajstić information content (AvgIpc) is 3.05. The Morgan fingerprint density at radius 2 is 2.30 bits per heavy atom. The Morgan fingerprint density at radius 3 is 3.05 bits per heavy atom. The van der Waals surface area contributed by atoms with Gasteiger partial charge in [0.25, 0.3) is 0 Å². The largest absolute Gasteiger partial charge is 0.478 e. The maximum Gasteiger partial charge on any atom is 0.335 e. The second kappa shape index (κ2) is 5.00. The lowest BCUT2D eigenvalue weighted by atomic mass is 10.1. The van der Waals surface area contributed by atoms with Gasteiger partial charge < -0.3 is 14.6 Å². The van der Waals surface area contributed by atoms with E-state index in [0.717, 1.165) is 43.1 Å². The number of hydrogen-bond acceptors (Lipinski definition) is 3. The number of nitrogens with zero attached hydrogens (tertiary/aromatic N) is 3. The molecule has 0 saturated heterocycles. The summed E-state index contributed by atoms with van der Waals surface area (Å²) < 4.78 is 2.13. The molecule has 0 aliphatic carbocycles. The molecule has 1 N–H and O–H groups in total. The van der Waals surface area contributed by atoms with Gasteiger partial charge in [-0.15, -0.1) is 0 Å². The van der Waals surface area contributed by atoms with Crippen LogP contribution in [-0.4, -0.2) is 27.2 Å². The van der Waals surface area contributed by atoms with Gasteiger partial charge in [0.15, 0.2) is 0 Å². The van der Waals surface area contributed by atoms with Crippen molar-refractivity contribution < 1.29 is 9.90 Å². The minimum absolute atomic E-state index is 0.362. The summed E-state index contributed by atoms with van der Waals surface area (Å²) in [6.45, 7) is 4.69. The van der Waals surface area contributed by atoms with Crippen LogP contribution in [0, 0.1) is 0 Å². The first-order valence-corrected chi connectivity index (χ1v) is 6.80. The monoisotopic (exact) mass is 271 g/mol. The Labute approximate surface area is 117 Å². The molecule has 0 unspecified atom stereocenters. The summed E-state index contributed by atoms with van der Waals surface area (Å²) in [5.41, 5.74) is 2.60. The number of fused-ring (bicyclic) bond motifs is 1. The van der Waals surface area contributed by atoms with E-state index in [1.807, 2.05) is 18.5 Å². The molecule has 0 radical (unpaired) electrons. The molecular weight excluding hydrogens is 254 g/mol. The van der Waals surface area contributed by atoms with Crippen LogP contribution in [0.25, 0.3) is 0 Å². The lowest BCUT2D eigenvalue weighted by Gasteiger charge is -2.19. The number of carboxylic acid groups (broad SMARTS) is 1. The number of hydrogen-bond donors (Lipinski definition) is 1. The fraction of sp³-hybridized carbons (Fsp3) is 0.333. The molecule has 104 valence electrons. The van der Waals surface area contributed by atoms with Crippen LogP contribution < -0.4 is 4.90 Å². The van der Waals surface area contributed by atoms with Crippen LogP contribution in [0.4, 0.5) is 5.69 Å². The third kappa shape index (κ3) is 2.15. The van der Waals surface area contributed by atoms with E-state index in [-0.39, 0.29) is 0 Å². The molecule has 0 bridgehead atoms. The molecule has 2 heterocycles. The molecular formula is C15H17N3O2. The van der Waals surface area contributed by atoms with Crippen molar-refractivity contribution in [1.29, 1.82) is 0 Å². The molecule has 1 aliphatic heterocycles. The van der Waals surface area contributed by atoms with Crippen molar-refractivity contribution in [3.8, 4) is 0 Å². The summed E-state index contributed by atoms with van der Waals surface area (Å²) >= 11 is 0. The number of imidazole rings is 1. The van der Waals surface area contributed by atoms with Crippen molar-refractivity contribution >= 4 is 11.7 Å². The minimum Gasteiger partial charge on any atom is -0.478 e. The summed E-state index contributed by atoms with van der Waals surface area (Å²) in [5.74, 6) is 0.176. The first-order valence-electron chi connectivity index (χ1n) is 6.80. The van der Waals surface area contributed by atoms with Crippen LogP contribution in [0.5, 0.6) is 0 Å². The summed E-state index contributed by atoms with van der Waals surface area (Å²) in [6.07, 6.45) is 4.70. The maximum absolute atomic E-state index is 11.0. The number of rotatable bonds is 4. The number of aryl methyl sites for hydroxylation is 1. The summed E-state index contributed by atoms with van der Waals surface area (Å²) in [6, 6.07) is 5.36. The van der Waals surface area contributed by atoms with E-state index in [4.69, 9.17) is 5.11 Å². The normalized spacial score (nSPS) is 13.6. The Hall–Kier alpha value is -2.30. The number of benzene rings is 1. The molecule has 3 rings (SSSR count). The highest BCUT2D eigenvalue weighted by Gasteiger charge is 2.21. The van der Waals surface area contributed by atoms with Crippen molar-refractivity contribution in [2.75, 3.05) is 11.4 Å². The van der Waals surface area contributed by atoms with Crippen molar-refractivity contribution in [2.24, 2.45) is 0 Å². The lowest BCUT2D eigenvalue weighted by molar-refractivity contribution is 0.0697. The van der Waals surface area contributed by atoms with Gasteiger partial charge in [-0.05, 0) is 37.1 Å². The molecule has 1 aromatic heterocycles. The highest BCUT2D eigenvalue weighted by Crippen LogP contribution is 2.30. The molecule has 1 aliphatic rings. The molecule has 0 atom stereocenters. The Morgan fingerprint density at radius 1 is 1.45 bits per heavy atom. The molecule has 1 aromatic carbocycles. The number of aromatic nitrogens is 2. The van der Waals surface area contributed by atoms with Crippen molar-refractivity contribution in [1.82, 2.24) is 9.55 Å². The summed E-state index contributed by atoms with van der Waals surface area (Å²) in [5, 5.41) is 9.03. The zero-order chi connectivity index (χ0) is 14.1. The first kappa shape index (κ1) is 12.7. The second-order valence-electron chi connectivity index (χ2n) is 4.95. The molecule has 0 amide bonds. The molecule has 2 aromatic rings. The first-order chi connectivity index (χ1) is 9.69. The van der Waals surface area contributed by atoms with Crippen molar-refractivity contribution in [3.05, 3.63) is 47.5 Å². The van der Waals surface area contributed by atoms with Gasteiger partial charge in [0, 0.05) is 31.2 Å². The Balaban J connectivity index is 1.84. The van der Waals surface area contributed by atoms with Crippen LogP contribution in [0.2, 0.25) is 0 Å². The van der Waals surface area contributed by atoms with Gasteiger partial charge in [-0.1, -0.05) is 0 Å². The third-order valence-electron chi connectivity index (χ3n) is 3.79. The fourth-order valence-electron chi connectivity index (χ4n) is 2.72. The van der Waals surface area contributed by atoms with E-state index >= 15 is 0 Å². The Bertz CT molecular complexity index is 648. The van der Waals surface area contributed by atoms with Crippen LogP contribution in [0.1, 0.15) is 28.7 Å². The topological polar surface area (TPSA) is 58.4 Å². The van der Waals surface area contributed by atoms with Crippen LogP contribution in [0.3, 0.4) is 0 Å². The van der Waals surface area contributed by atoms with Crippen LogP contribution in [-0.2, 0) is 19.5 Å². The van der Waals surface area contributed by atoms with Gasteiger partial charge in [-0.25, -0.2) is 9.78 Å². The summed E-state index contributed by atoms with van der Waals surface area (Å²) in [7, 11) is 0. The molecule has 0 saturated carbocycles. The number of anilines is 1. The zero-order valence-corrected chi connectivity index (χ0v) is 11.4. The second-order valence-corrected chi connectivity index (χ2v) is 4.95. The standard InChI is InChI=1S/C15H17N3O2/c1-2-17-8-6-16-14(17)10-18-7-5-11-9-12(15(19)20)3-4-13(11)18/h3-4,6,8-9H,2,5,7,10H2,1H3,(H,19,20). The highest BCUT2D eigenvalue weighted by atomic mass is 16.4. The zero-order valence-electron chi connectivity index (χ0n) is 11.4. The van der Waals surface area contributed by atoms with E-state index in [1.54, 1.807) is 12.1 Å². The van der Waals surface area contributed by atoms with Gasteiger partial charge in [0.05, 0.1) is 12.1 Å². The van der Waals surface area contributed by atoms with Gasteiger partial charge in [-0.3, -0.25) is 0 Å². The number of carbonyl (C=O) groups is 1. The smallest absolute Gasteiger partial charge is 0.335 e. The van der Waals surface area contributed by atoms with E-state index in [1.165, 1.54) is 0 Å². The van der Waals surface area contributed by atoms with Crippen molar-refractivity contribution in [3.63, 3.8) is 0 Å². The molecule has 0 spiro atoms. The maximum atomic E-state index is 11.0. The van der Waals surface area contributed by atoms with E-state index in [0.29, 0.717) is 5.56 Å². The predicted molar refractivity (Wildman–Crippen MR) is 76.1 cm³/mol. The van der Waals surface area contributed by atoms with E-state index in [9.17, 15) is 4.79 Å². The van der Waals surface area contributed by atoms with Crippen LogP contribution in [0.15, 0.2) is 30.6 Å². The van der Waals surface area contributed by atoms with Gasteiger partial charge >= 0.3 is 5.97 Å². The summed E-state index contributed by atoms with van der Waals surface area (Å²) in [4.78, 5) is 17.7. The van der Waals surface area contributed by atoms with E-state index in [2.05, 4.69) is 21.4 Å². The van der Waals surface area contributed by atoms with Gasteiger partial charge in [0.1, 0.15) is 5.82 Å². The van der Waals surface area contributed by atoms with Crippen LogP contribution >= 0.6 is 0 Å². The third-order valence-corrected chi connectivity index (χ3v) is 3.79. The lowest BCUT2D eigenvalue weighted by Crippen LogP contribution is -2.22. The predicted octanol–water partition coefficient (Wildman–Crippen LogP) is 2.16. The molecule has 5 heteroatoms. The quantitative estimate of drug-likeness (QED) is 0.925. The highest BCUT2D eigenvalue weighted by molar-refractivity contribution is 5.88. The molecule has 20 heavy (non-hydrogen) atoms. The van der Waals surface area contributed by atoms with Gasteiger partial charge in [-0.2, -0.15) is 0 Å². The van der Waals surface area contributed by atoms with E-state index < -0.39 is 5.97 Å².